The third kappa shape index (κ3) is 5.31. The van der Waals surface area contributed by atoms with Crippen LogP contribution in [0.5, 0.6) is 17.2 Å². The second-order valence-electron chi connectivity index (χ2n) is 7.82. The quantitative estimate of drug-likeness (QED) is 0.513. The van der Waals surface area contributed by atoms with Crippen LogP contribution in [0.2, 0.25) is 0 Å². The lowest BCUT2D eigenvalue weighted by Gasteiger charge is -2.35. The molecule has 2 aromatic carbocycles. The minimum atomic E-state index is -0.122. The van der Waals surface area contributed by atoms with E-state index in [4.69, 9.17) is 14.2 Å². The number of amides is 2. The fourth-order valence-electron chi connectivity index (χ4n) is 3.77. The molecule has 0 radical (unpaired) electrons. The monoisotopic (exact) mass is 481 g/mol. The summed E-state index contributed by atoms with van der Waals surface area (Å²) in [6.45, 7) is 4.18. The molecule has 0 aliphatic carbocycles. The third-order valence-electron chi connectivity index (χ3n) is 5.65. The van der Waals surface area contributed by atoms with Gasteiger partial charge in [-0.25, -0.2) is 4.98 Å². The molecular formula is C25H27N3O5S. The van der Waals surface area contributed by atoms with Crippen molar-refractivity contribution < 1.29 is 23.8 Å². The molecule has 178 valence electrons. The maximum absolute atomic E-state index is 13.0. The van der Waals surface area contributed by atoms with E-state index in [0.717, 1.165) is 10.7 Å². The average Bonchev–Trinajstić information content (AvgIpc) is 3.31. The summed E-state index contributed by atoms with van der Waals surface area (Å²) in [5, 5.41) is 2.98. The second kappa shape index (κ2) is 10.6. The van der Waals surface area contributed by atoms with Gasteiger partial charge in [-0.05, 0) is 43.3 Å². The van der Waals surface area contributed by atoms with E-state index in [0.29, 0.717) is 61.2 Å². The number of piperazine rings is 1. The average molecular weight is 482 g/mol. The summed E-state index contributed by atoms with van der Waals surface area (Å²) in [5.41, 5.74) is 1.96. The second-order valence-corrected chi connectivity index (χ2v) is 8.88. The van der Waals surface area contributed by atoms with Crippen LogP contribution < -0.4 is 14.2 Å². The number of benzene rings is 2. The molecule has 8 nitrogen and oxygen atoms in total. The largest absolute Gasteiger partial charge is 0.497 e. The highest BCUT2D eigenvalue weighted by atomic mass is 32.1. The van der Waals surface area contributed by atoms with Gasteiger partial charge in [-0.3, -0.25) is 9.59 Å². The van der Waals surface area contributed by atoms with Gasteiger partial charge < -0.3 is 24.0 Å². The molecule has 0 N–H and O–H groups in total. The van der Waals surface area contributed by atoms with Crippen LogP contribution in [-0.4, -0.2) is 67.0 Å². The van der Waals surface area contributed by atoms with Gasteiger partial charge in [-0.2, -0.15) is 0 Å². The van der Waals surface area contributed by atoms with Crippen LogP contribution in [-0.2, 0) is 6.61 Å². The van der Waals surface area contributed by atoms with E-state index in [1.165, 1.54) is 7.11 Å². The highest BCUT2D eigenvalue weighted by Gasteiger charge is 2.27. The fraction of sp³-hybridized carbons (Fsp3) is 0.320. The summed E-state index contributed by atoms with van der Waals surface area (Å²) in [7, 11) is 3.09. The zero-order valence-electron chi connectivity index (χ0n) is 19.4. The lowest BCUT2D eigenvalue weighted by atomic mass is 10.1. The Bertz CT molecular complexity index is 1150. The Morgan fingerprint density at radius 1 is 0.912 bits per heavy atom. The van der Waals surface area contributed by atoms with Crippen molar-refractivity contribution in [3.63, 3.8) is 0 Å². The van der Waals surface area contributed by atoms with E-state index in [-0.39, 0.29) is 11.8 Å². The van der Waals surface area contributed by atoms with Crippen molar-refractivity contribution in [3.05, 3.63) is 69.7 Å². The Morgan fingerprint density at radius 2 is 1.56 bits per heavy atom. The number of aryl methyl sites for hydroxylation is 1. The predicted molar refractivity (Wildman–Crippen MR) is 129 cm³/mol. The number of hydrogen-bond acceptors (Lipinski definition) is 7. The van der Waals surface area contributed by atoms with Crippen molar-refractivity contribution in [2.75, 3.05) is 40.4 Å². The number of carbonyl (C=O) groups excluding carboxylic acids is 2. The van der Waals surface area contributed by atoms with E-state index in [2.05, 4.69) is 4.98 Å². The van der Waals surface area contributed by atoms with Gasteiger partial charge in [-0.1, -0.05) is 0 Å². The molecule has 9 heteroatoms. The van der Waals surface area contributed by atoms with Crippen molar-refractivity contribution in [1.82, 2.24) is 14.8 Å². The van der Waals surface area contributed by atoms with Crippen LogP contribution in [0.25, 0.3) is 0 Å². The zero-order chi connectivity index (χ0) is 24.1. The summed E-state index contributed by atoms with van der Waals surface area (Å²) >= 11 is 1.59. The predicted octanol–water partition coefficient (Wildman–Crippen LogP) is 3.65. The molecule has 4 rings (SSSR count). The standard InChI is InChI=1S/C25H27N3O5S/c1-17-26-19(16-34-17)15-33-20-6-4-18(5-7-20)24(29)27-10-12-28(13-11-27)25(30)22-9-8-21(31-2)14-23(22)32-3/h4-9,14,16H,10-13,15H2,1-3H3. The van der Waals surface area contributed by atoms with Gasteiger partial charge in [0.05, 0.1) is 30.5 Å². The Morgan fingerprint density at radius 3 is 2.15 bits per heavy atom. The summed E-state index contributed by atoms with van der Waals surface area (Å²) in [4.78, 5) is 33.9. The zero-order valence-corrected chi connectivity index (χ0v) is 20.3. The van der Waals surface area contributed by atoms with Gasteiger partial charge in [0.1, 0.15) is 23.9 Å². The topological polar surface area (TPSA) is 81.2 Å². The van der Waals surface area contributed by atoms with Crippen LogP contribution in [0.1, 0.15) is 31.4 Å². The van der Waals surface area contributed by atoms with Crippen LogP contribution in [0.3, 0.4) is 0 Å². The first-order chi connectivity index (χ1) is 16.5. The van der Waals surface area contributed by atoms with E-state index in [1.54, 1.807) is 70.7 Å². The molecule has 0 unspecified atom stereocenters. The molecule has 0 saturated carbocycles. The van der Waals surface area contributed by atoms with Crippen molar-refractivity contribution in [1.29, 1.82) is 0 Å². The summed E-state index contributed by atoms with van der Waals surface area (Å²) in [6.07, 6.45) is 0. The molecule has 0 spiro atoms. The van der Waals surface area contributed by atoms with E-state index in [1.807, 2.05) is 12.3 Å². The third-order valence-corrected chi connectivity index (χ3v) is 6.47. The lowest BCUT2D eigenvalue weighted by molar-refractivity contribution is 0.0533. The van der Waals surface area contributed by atoms with Crippen LogP contribution >= 0.6 is 11.3 Å². The summed E-state index contributed by atoms with van der Waals surface area (Å²) in [5.74, 6) is 1.60. The SMILES string of the molecule is COc1ccc(C(=O)N2CCN(C(=O)c3ccc(OCc4csc(C)n4)cc3)CC2)c(OC)c1. The van der Waals surface area contributed by atoms with Gasteiger partial charge in [0.25, 0.3) is 11.8 Å². The number of methoxy groups -OCH3 is 2. The Balaban J connectivity index is 1.32. The van der Waals surface area contributed by atoms with Crippen LogP contribution in [0.4, 0.5) is 0 Å². The molecule has 2 amide bonds. The molecule has 1 saturated heterocycles. The minimum absolute atomic E-state index is 0.0594. The van der Waals surface area contributed by atoms with Gasteiger partial charge in [0.2, 0.25) is 0 Å². The molecule has 1 aliphatic rings. The molecule has 1 aromatic heterocycles. The maximum atomic E-state index is 13.0. The van der Waals surface area contributed by atoms with Gasteiger partial charge in [0, 0.05) is 43.2 Å². The van der Waals surface area contributed by atoms with Crippen LogP contribution in [0, 0.1) is 6.92 Å². The molecule has 3 aromatic rings. The van der Waals surface area contributed by atoms with Crippen molar-refractivity contribution in [2.45, 2.75) is 13.5 Å². The number of hydrogen-bond donors (Lipinski definition) is 0. The summed E-state index contributed by atoms with van der Waals surface area (Å²) < 4.78 is 16.3. The first-order valence-corrected chi connectivity index (χ1v) is 11.8. The van der Waals surface area contributed by atoms with Crippen LogP contribution in [0.15, 0.2) is 47.8 Å². The molecule has 2 heterocycles. The Kier molecular flexibility index (Phi) is 7.32. The molecule has 0 atom stereocenters. The first kappa shape index (κ1) is 23.6. The smallest absolute Gasteiger partial charge is 0.257 e. The maximum Gasteiger partial charge on any atom is 0.257 e. The molecule has 34 heavy (non-hydrogen) atoms. The highest BCUT2D eigenvalue weighted by molar-refractivity contribution is 7.09. The number of ether oxygens (including phenoxy) is 3. The van der Waals surface area contributed by atoms with Gasteiger partial charge in [-0.15, -0.1) is 11.3 Å². The minimum Gasteiger partial charge on any atom is -0.497 e. The van der Waals surface area contributed by atoms with Gasteiger partial charge >= 0.3 is 0 Å². The Hall–Kier alpha value is -3.59. The van der Waals surface area contributed by atoms with Crippen molar-refractivity contribution in [2.24, 2.45) is 0 Å². The van der Waals surface area contributed by atoms with Crippen molar-refractivity contribution in [3.8, 4) is 17.2 Å². The van der Waals surface area contributed by atoms with Crippen molar-refractivity contribution >= 4 is 23.2 Å². The number of rotatable bonds is 7. The highest BCUT2D eigenvalue weighted by Crippen LogP contribution is 2.26. The van der Waals surface area contributed by atoms with E-state index < -0.39 is 0 Å². The lowest BCUT2D eigenvalue weighted by Crippen LogP contribution is -2.50. The number of aromatic nitrogens is 1. The normalized spacial score (nSPS) is 13.5. The number of nitrogens with zero attached hydrogens (tertiary/aromatic N) is 3. The van der Waals surface area contributed by atoms with E-state index >= 15 is 0 Å². The number of carbonyl (C=O) groups is 2. The first-order valence-electron chi connectivity index (χ1n) is 10.9. The molecular weight excluding hydrogens is 454 g/mol. The summed E-state index contributed by atoms with van der Waals surface area (Å²) in [6, 6.07) is 12.3. The van der Waals surface area contributed by atoms with E-state index in [9.17, 15) is 9.59 Å². The Labute approximate surface area is 202 Å². The molecule has 1 fully saturated rings. The van der Waals surface area contributed by atoms with Gasteiger partial charge in [0.15, 0.2) is 0 Å². The molecule has 1 aliphatic heterocycles. The fourth-order valence-corrected chi connectivity index (χ4v) is 4.36. The number of thiazole rings is 1. The molecule has 0 bridgehead atoms.